The van der Waals surface area contributed by atoms with Gasteiger partial charge in [-0.05, 0) is 51.1 Å². The van der Waals surface area contributed by atoms with Crippen LogP contribution in [-0.4, -0.2) is 29.1 Å². The van der Waals surface area contributed by atoms with E-state index in [0.29, 0.717) is 6.04 Å². The Morgan fingerprint density at radius 3 is 2.94 bits per heavy atom. The summed E-state index contributed by atoms with van der Waals surface area (Å²) in [5, 5.41) is 6.80. The van der Waals surface area contributed by atoms with Gasteiger partial charge in [0, 0.05) is 24.0 Å². The highest BCUT2D eigenvalue weighted by molar-refractivity contribution is 5.36. The normalized spacial score (nSPS) is 23.5. The smallest absolute Gasteiger partial charge is 0.223 e. The van der Waals surface area contributed by atoms with E-state index < -0.39 is 0 Å². The van der Waals surface area contributed by atoms with E-state index in [4.69, 9.17) is 0 Å². The quantitative estimate of drug-likeness (QED) is 0.810. The molecular formula is C13H20N4. The maximum atomic E-state index is 4.69. The summed E-state index contributed by atoms with van der Waals surface area (Å²) < 4.78 is 0. The van der Waals surface area contributed by atoms with Crippen molar-refractivity contribution < 1.29 is 0 Å². The van der Waals surface area contributed by atoms with Crippen LogP contribution >= 0.6 is 0 Å². The number of fused-ring (bicyclic) bond motifs is 1. The summed E-state index contributed by atoms with van der Waals surface area (Å²) in [6.45, 7) is 4.24. The van der Waals surface area contributed by atoms with Crippen molar-refractivity contribution in [2.24, 2.45) is 0 Å². The molecule has 1 aromatic heterocycles. The molecule has 92 valence electrons. The molecule has 17 heavy (non-hydrogen) atoms. The zero-order chi connectivity index (χ0) is 11.7. The van der Waals surface area contributed by atoms with Crippen LogP contribution in [-0.2, 0) is 12.8 Å². The van der Waals surface area contributed by atoms with Gasteiger partial charge in [-0.15, -0.1) is 0 Å². The molecule has 1 unspecified atom stereocenters. The molecule has 1 aliphatic heterocycles. The van der Waals surface area contributed by atoms with Crippen molar-refractivity contribution in [3.63, 3.8) is 0 Å². The Morgan fingerprint density at radius 2 is 2.12 bits per heavy atom. The fourth-order valence-corrected chi connectivity index (χ4v) is 2.81. The van der Waals surface area contributed by atoms with Crippen molar-refractivity contribution in [2.45, 2.75) is 45.1 Å². The summed E-state index contributed by atoms with van der Waals surface area (Å²) in [5.41, 5.74) is 3.84. The van der Waals surface area contributed by atoms with Crippen molar-refractivity contribution in [2.75, 3.05) is 18.4 Å². The van der Waals surface area contributed by atoms with Crippen molar-refractivity contribution >= 4 is 5.95 Å². The summed E-state index contributed by atoms with van der Waals surface area (Å²) in [7, 11) is 0. The van der Waals surface area contributed by atoms with Gasteiger partial charge in [0.15, 0.2) is 0 Å². The first-order chi connectivity index (χ1) is 8.33. The molecule has 2 heterocycles. The predicted molar refractivity (Wildman–Crippen MR) is 68.3 cm³/mol. The summed E-state index contributed by atoms with van der Waals surface area (Å²) in [6, 6.07) is 0.496. The van der Waals surface area contributed by atoms with Gasteiger partial charge in [0.1, 0.15) is 0 Å². The molecule has 2 N–H and O–H groups in total. The van der Waals surface area contributed by atoms with Crippen molar-refractivity contribution in [1.29, 1.82) is 0 Å². The topological polar surface area (TPSA) is 49.8 Å². The molecule has 1 aliphatic carbocycles. The van der Waals surface area contributed by atoms with Gasteiger partial charge in [0.05, 0.1) is 0 Å². The van der Waals surface area contributed by atoms with E-state index in [1.807, 2.05) is 0 Å². The molecule has 4 heteroatoms. The lowest BCUT2D eigenvalue weighted by molar-refractivity contribution is 0.655. The summed E-state index contributed by atoms with van der Waals surface area (Å²) in [4.78, 5) is 9.29. The number of nitrogens with zero attached hydrogens (tertiary/aromatic N) is 2. The van der Waals surface area contributed by atoms with E-state index in [2.05, 4.69) is 27.5 Å². The van der Waals surface area contributed by atoms with Crippen molar-refractivity contribution in [3.05, 3.63) is 17.0 Å². The van der Waals surface area contributed by atoms with Crippen LogP contribution in [0.15, 0.2) is 0 Å². The minimum atomic E-state index is 0.496. The molecule has 0 radical (unpaired) electrons. The van der Waals surface area contributed by atoms with Gasteiger partial charge < -0.3 is 10.6 Å². The van der Waals surface area contributed by atoms with Crippen LogP contribution in [0, 0.1) is 6.92 Å². The average Bonchev–Trinajstić information content (AvgIpc) is 2.82. The molecule has 2 aliphatic rings. The van der Waals surface area contributed by atoms with Gasteiger partial charge in [-0.2, -0.15) is 0 Å². The molecule has 0 spiro atoms. The molecule has 1 saturated heterocycles. The Kier molecular flexibility index (Phi) is 2.97. The second-order valence-corrected chi connectivity index (χ2v) is 5.10. The van der Waals surface area contributed by atoms with Crippen LogP contribution in [0.25, 0.3) is 0 Å². The Hall–Kier alpha value is -1.16. The predicted octanol–water partition coefficient (Wildman–Crippen LogP) is 1.44. The first-order valence-electron chi connectivity index (χ1n) is 6.66. The molecule has 1 aromatic rings. The second-order valence-electron chi connectivity index (χ2n) is 5.10. The molecule has 1 atom stereocenters. The summed E-state index contributed by atoms with van der Waals surface area (Å²) in [5.74, 6) is 0.830. The number of hydrogen-bond acceptors (Lipinski definition) is 4. The average molecular weight is 232 g/mol. The van der Waals surface area contributed by atoms with Crippen LogP contribution in [0.5, 0.6) is 0 Å². The summed E-state index contributed by atoms with van der Waals surface area (Å²) in [6.07, 6.45) is 6.01. The Morgan fingerprint density at radius 1 is 1.24 bits per heavy atom. The van der Waals surface area contributed by atoms with Gasteiger partial charge in [-0.3, -0.25) is 0 Å². The molecular weight excluding hydrogens is 212 g/mol. The van der Waals surface area contributed by atoms with Gasteiger partial charge in [-0.25, -0.2) is 9.97 Å². The third-order valence-electron chi connectivity index (χ3n) is 3.78. The first-order valence-corrected chi connectivity index (χ1v) is 6.66. The highest BCUT2D eigenvalue weighted by Gasteiger charge is 2.18. The molecule has 0 aromatic carbocycles. The highest BCUT2D eigenvalue weighted by Crippen LogP contribution is 2.23. The fraction of sp³-hybridized carbons (Fsp3) is 0.692. The summed E-state index contributed by atoms with van der Waals surface area (Å²) >= 11 is 0. The van der Waals surface area contributed by atoms with Gasteiger partial charge in [0.25, 0.3) is 0 Å². The lowest BCUT2D eigenvalue weighted by atomic mass is 9.95. The monoisotopic (exact) mass is 232 g/mol. The zero-order valence-electron chi connectivity index (χ0n) is 10.4. The van der Waals surface area contributed by atoms with Gasteiger partial charge >= 0.3 is 0 Å². The third kappa shape index (κ3) is 2.27. The molecule has 0 saturated carbocycles. The Balaban J connectivity index is 1.82. The standard InChI is InChI=1S/C13H20N4/c1-9-11-4-2-3-5-12(11)17-13(15-9)16-10-6-7-14-8-10/h10,14H,2-8H2,1H3,(H,15,16,17). The highest BCUT2D eigenvalue weighted by atomic mass is 15.1. The zero-order valence-corrected chi connectivity index (χ0v) is 10.4. The number of aryl methyl sites for hydroxylation is 2. The number of rotatable bonds is 2. The van der Waals surface area contributed by atoms with Crippen molar-refractivity contribution in [3.8, 4) is 0 Å². The molecule has 1 fully saturated rings. The van der Waals surface area contributed by atoms with E-state index in [0.717, 1.165) is 31.9 Å². The van der Waals surface area contributed by atoms with Crippen LogP contribution in [0.4, 0.5) is 5.95 Å². The fourth-order valence-electron chi connectivity index (χ4n) is 2.81. The third-order valence-corrected chi connectivity index (χ3v) is 3.78. The maximum absolute atomic E-state index is 4.69. The minimum Gasteiger partial charge on any atom is -0.350 e. The SMILES string of the molecule is Cc1nc(NC2CCNC2)nc2c1CCCC2. The lowest BCUT2D eigenvalue weighted by Crippen LogP contribution is -2.24. The van der Waals surface area contributed by atoms with Crippen molar-refractivity contribution in [1.82, 2.24) is 15.3 Å². The molecule has 3 rings (SSSR count). The Labute approximate surface area is 102 Å². The number of nitrogens with one attached hydrogen (secondary N) is 2. The van der Waals surface area contributed by atoms with Gasteiger partial charge in [-0.1, -0.05) is 0 Å². The van der Waals surface area contributed by atoms with Crippen LogP contribution in [0.2, 0.25) is 0 Å². The van der Waals surface area contributed by atoms with E-state index in [9.17, 15) is 0 Å². The largest absolute Gasteiger partial charge is 0.350 e. The lowest BCUT2D eigenvalue weighted by Gasteiger charge is -2.19. The molecule has 0 bridgehead atoms. The van der Waals surface area contributed by atoms with E-state index in [-0.39, 0.29) is 0 Å². The van der Waals surface area contributed by atoms with E-state index in [1.54, 1.807) is 0 Å². The number of anilines is 1. The minimum absolute atomic E-state index is 0.496. The number of hydrogen-bond donors (Lipinski definition) is 2. The Bertz CT molecular complexity index is 410. The first kappa shape index (κ1) is 11.0. The maximum Gasteiger partial charge on any atom is 0.223 e. The van der Waals surface area contributed by atoms with Crippen LogP contribution < -0.4 is 10.6 Å². The molecule has 4 nitrogen and oxygen atoms in total. The van der Waals surface area contributed by atoms with E-state index in [1.165, 1.54) is 36.2 Å². The van der Waals surface area contributed by atoms with Gasteiger partial charge in [0.2, 0.25) is 5.95 Å². The number of aromatic nitrogens is 2. The van der Waals surface area contributed by atoms with Crippen LogP contribution in [0.1, 0.15) is 36.2 Å². The van der Waals surface area contributed by atoms with E-state index >= 15 is 0 Å². The van der Waals surface area contributed by atoms with Crippen LogP contribution in [0.3, 0.4) is 0 Å². The second kappa shape index (κ2) is 4.61. The molecule has 0 amide bonds.